The summed E-state index contributed by atoms with van der Waals surface area (Å²) >= 11 is 0. The average molecular weight is 297 g/mol. The van der Waals surface area contributed by atoms with E-state index in [1.54, 1.807) is 19.1 Å². The molecule has 2 rings (SSSR count). The Labute approximate surface area is 119 Å². The minimum absolute atomic E-state index is 0.0795. The van der Waals surface area contributed by atoms with Gasteiger partial charge >= 0.3 is 0 Å². The van der Waals surface area contributed by atoms with Crippen molar-refractivity contribution in [3.8, 4) is 0 Å². The van der Waals surface area contributed by atoms with Gasteiger partial charge in [-0.1, -0.05) is 19.1 Å². The Morgan fingerprint density at radius 1 is 1.40 bits per heavy atom. The number of ketones is 1. The molecule has 110 valence electrons. The quantitative estimate of drug-likeness (QED) is 0.776. The van der Waals surface area contributed by atoms with Crippen molar-refractivity contribution in [1.82, 2.24) is 4.72 Å². The summed E-state index contributed by atoms with van der Waals surface area (Å²) in [6.45, 7) is 2.06. The summed E-state index contributed by atoms with van der Waals surface area (Å²) in [6.07, 6.45) is 1.32. The average Bonchev–Trinajstić information content (AvgIpc) is 2.41. The van der Waals surface area contributed by atoms with Gasteiger partial charge in [0.05, 0.1) is 11.0 Å². The van der Waals surface area contributed by atoms with Crippen LogP contribution in [0.3, 0.4) is 0 Å². The van der Waals surface area contributed by atoms with Crippen LogP contribution in [-0.4, -0.2) is 32.0 Å². The molecular formula is C14H19NO4S. The molecule has 0 saturated heterocycles. The molecule has 0 spiro atoms. The number of aliphatic hydroxyl groups excluding tert-OH is 1. The highest BCUT2D eigenvalue weighted by molar-refractivity contribution is 7.89. The maximum atomic E-state index is 12.1. The lowest BCUT2D eigenvalue weighted by Gasteiger charge is -2.31. The Kier molecular flexibility index (Phi) is 4.57. The molecule has 2 N–H and O–H groups in total. The van der Waals surface area contributed by atoms with Gasteiger partial charge in [-0.15, -0.1) is 0 Å². The summed E-state index contributed by atoms with van der Waals surface area (Å²) in [5.41, 5.74) is 0.412. The van der Waals surface area contributed by atoms with Crippen LogP contribution in [0.15, 0.2) is 29.2 Å². The van der Waals surface area contributed by atoms with Gasteiger partial charge in [0.1, 0.15) is 0 Å². The molecule has 1 aliphatic carbocycles. The molecule has 20 heavy (non-hydrogen) atoms. The van der Waals surface area contributed by atoms with E-state index in [1.165, 1.54) is 12.1 Å². The van der Waals surface area contributed by atoms with Crippen LogP contribution in [-0.2, 0) is 10.0 Å². The Morgan fingerprint density at radius 2 is 2.10 bits per heavy atom. The zero-order valence-corrected chi connectivity index (χ0v) is 12.2. The number of carbonyl (C=O) groups is 1. The van der Waals surface area contributed by atoms with Gasteiger partial charge in [0.2, 0.25) is 10.0 Å². The molecule has 1 aliphatic rings. The Morgan fingerprint density at radius 3 is 2.70 bits per heavy atom. The summed E-state index contributed by atoms with van der Waals surface area (Å²) < 4.78 is 26.8. The maximum absolute atomic E-state index is 12.1. The van der Waals surface area contributed by atoms with E-state index in [4.69, 9.17) is 0 Å². The van der Waals surface area contributed by atoms with E-state index in [0.717, 1.165) is 0 Å². The van der Waals surface area contributed by atoms with E-state index < -0.39 is 10.0 Å². The predicted octanol–water partition coefficient (Wildman–Crippen LogP) is 1.33. The van der Waals surface area contributed by atoms with E-state index in [-0.39, 0.29) is 22.7 Å². The van der Waals surface area contributed by atoms with Crippen LogP contribution in [0.1, 0.15) is 36.5 Å². The third-order valence-corrected chi connectivity index (χ3v) is 4.98. The first-order valence-electron chi connectivity index (χ1n) is 6.73. The number of hydrogen-bond acceptors (Lipinski definition) is 4. The SMILES string of the molecule is CCC(=O)c1cccc(S(=O)(=O)NCC2CC(O)C2)c1. The second kappa shape index (κ2) is 6.03. The van der Waals surface area contributed by atoms with Crippen molar-refractivity contribution in [3.63, 3.8) is 0 Å². The third-order valence-electron chi connectivity index (χ3n) is 3.56. The van der Waals surface area contributed by atoms with Gasteiger partial charge in [-0.2, -0.15) is 0 Å². The first-order chi connectivity index (χ1) is 9.42. The smallest absolute Gasteiger partial charge is 0.240 e. The second-order valence-electron chi connectivity index (χ2n) is 5.15. The van der Waals surface area contributed by atoms with E-state index in [0.29, 0.717) is 31.4 Å². The molecule has 0 heterocycles. The van der Waals surface area contributed by atoms with Gasteiger partial charge in [0.25, 0.3) is 0 Å². The van der Waals surface area contributed by atoms with Crippen LogP contribution in [0.4, 0.5) is 0 Å². The number of Topliss-reactive ketones (excluding diaryl/α,β-unsaturated/α-hetero) is 1. The largest absolute Gasteiger partial charge is 0.393 e. The van der Waals surface area contributed by atoms with Gasteiger partial charge in [-0.05, 0) is 30.9 Å². The molecule has 0 bridgehead atoms. The normalized spacial score (nSPS) is 22.3. The number of carbonyl (C=O) groups excluding carboxylic acids is 1. The van der Waals surface area contributed by atoms with Crippen LogP contribution in [0.2, 0.25) is 0 Å². The maximum Gasteiger partial charge on any atom is 0.240 e. The Bertz CT molecular complexity index is 591. The molecule has 0 atom stereocenters. The minimum Gasteiger partial charge on any atom is -0.393 e. The molecule has 0 aliphatic heterocycles. The Hall–Kier alpha value is -1.24. The van der Waals surface area contributed by atoms with Crippen LogP contribution in [0.25, 0.3) is 0 Å². The standard InChI is InChI=1S/C14H19NO4S/c1-2-14(17)11-4-3-5-13(8-11)20(18,19)15-9-10-6-12(16)7-10/h3-5,8,10,12,15-16H,2,6-7,9H2,1H3. The molecule has 5 nitrogen and oxygen atoms in total. The summed E-state index contributed by atoms with van der Waals surface area (Å²) in [5.74, 6) is 0.115. The number of hydrogen-bond donors (Lipinski definition) is 2. The molecule has 0 aromatic heterocycles. The Balaban J connectivity index is 2.07. The van der Waals surface area contributed by atoms with Crippen molar-refractivity contribution in [2.24, 2.45) is 5.92 Å². The van der Waals surface area contributed by atoms with Gasteiger partial charge in [0.15, 0.2) is 5.78 Å². The van der Waals surface area contributed by atoms with Crippen molar-refractivity contribution in [2.45, 2.75) is 37.2 Å². The van der Waals surface area contributed by atoms with Crippen molar-refractivity contribution in [2.75, 3.05) is 6.54 Å². The lowest BCUT2D eigenvalue weighted by molar-refractivity contribution is 0.0453. The van der Waals surface area contributed by atoms with Gasteiger partial charge in [0, 0.05) is 18.5 Å². The van der Waals surface area contributed by atoms with E-state index in [1.807, 2.05) is 0 Å². The topological polar surface area (TPSA) is 83.5 Å². The van der Waals surface area contributed by atoms with Gasteiger partial charge in [-0.3, -0.25) is 4.79 Å². The molecular weight excluding hydrogens is 278 g/mol. The van der Waals surface area contributed by atoms with E-state index >= 15 is 0 Å². The second-order valence-corrected chi connectivity index (χ2v) is 6.91. The van der Waals surface area contributed by atoms with E-state index in [9.17, 15) is 18.3 Å². The number of nitrogens with one attached hydrogen (secondary N) is 1. The minimum atomic E-state index is -3.60. The molecule has 0 radical (unpaired) electrons. The third kappa shape index (κ3) is 3.45. The zero-order chi connectivity index (χ0) is 14.8. The summed E-state index contributed by atoms with van der Waals surface area (Å²) in [6, 6.07) is 6.08. The van der Waals surface area contributed by atoms with Crippen LogP contribution in [0.5, 0.6) is 0 Å². The van der Waals surface area contributed by atoms with Crippen molar-refractivity contribution in [1.29, 1.82) is 0 Å². The molecule has 1 fully saturated rings. The molecule has 1 aromatic rings. The first-order valence-corrected chi connectivity index (χ1v) is 8.21. The molecule has 1 aromatic carbocycles. The highest BCUT2D eigenvalue weighted by Crippen LogP contribution is 2.26. The number of rotatable bonds is 6. The molecule has 1 saturated carbocycles. The van der Waals surface area contributed by atoms with Gasteiger partial charge < -0.3 is 5.11 Å². The number of aliphatic hydroxyl groups is 1. The summed E-state index contributed by atoms with van der Waals surface area (Å²) in [4.78, 5) is 11.7. The lowest BCUT2D eigenvalue weighted by Crippen LogP contribution is -2.38. The summed E-state index contributed by atoms with van der Waals surface area (Å²) in [7, 11) is -3.60. The lowest BCUT2D eigenvalue weighted by atomic mass is 9.83. The molecule has 0 amide bonds. The van der Waals surface area contributed by atoms with Gasteiger partial charge in [-0.25, -0.2) is 13.1 Å². The predicted molar refractivity (Wildman–Crippen MR) is 75.0 cm³/mol. The van der Waals surface area contributed by atoms with Crippen LogP contribution >= 0.6 is 0 Å². The fourth-order valence-electron chi connectivity index (χ4n) is 2.22. The van der Waals surface area contributed by atoms with Crippen molar-refractivity contribution in [3.05, 3.63) is 29.8 Å². The number of benzene rings is 1. The zero-order valence-electron chi connectivity index (χ0n) is 11.4. The number of sulfonamides is 1. The van der Waals surface area contributed by atoms with Crippen molar-refractivity contribution < 1.29 is 18.3 Å². The van der Waals surface area contributed by atoms with E-state index in [2.05, 4.69) is 4.72 Å². The molecule has 0 unspecified atom stereocenters. The fourth-order valence-corrected chi connectivity index (χ4v) is 3.38. The molecule has 6 heteroatoms. The highest BCUT2D eigenvalue weighted by Gasteiger charge is 2.28. The highest BCUT2D eigenvalue weighted by atomic mass is 32.2. The van der Waals surface area contributed by atoms with Crippen molar-refractivity contribution >= 4 is 15.8 Å². The first kappa shape index (κ1) is 15.2. The fraction of sp³-hybridized carbons (Fsp3) is 0.500. The van der Waals surface area contributed by atoms with Crippen LogP contribution < -0.4 is 4.72 Å². The van der Waals surface area contributed by atoms with Crippen LogP contribution in [0, 0.1) is 5.92 Å². The summed E-state index contributed by atoms with van der Waals surface area (Å²) in [5, 5.41) is 9.17. The monoisotopic (exact) mass is 297 g/mol.